The maximum absolute atomic E-state index is 5.23. The molecule has 0 fully saturated rings. The Kier molecular flexibility index (Phi) is 6.27. The summed E-state index contributed by atoms with van der Waals surface area (Å²) >= 11 is 0. The SMILES string of the molecule is CC1(C)c2ccccc2-c2c1c1c3ccccc3n(-c3ccccc3-c3cccc(-c4ccccn4)n3)c1c1c3ccccc3n(-c3ccccc3)c21. The van der Waals surface area contributed by atoms with Crippen LogP contribution in [0.2, 0.25) is 0 Å². The zero-order valence-corrected chi connectivity index (χ0v) is 29.5. The van der Waals surface area contributed by atoms with Gasteiger partial charge in [0.25, 0.3) is 0 Å². The number of fused-ring (bicyclic) bond motifs is 12. The second-order valence-corrected chi connectivity index (χ2v) is 14.5. The highest BCUT2D eigenvalue weighted by Crippen LogP contribution is 2.58. The van der Waals surface area contributed by atoms with Crippen molar-refractivity contribution in [2.24, 2.45) is 0 Å². The minimum absolute atomic E-state index is 0.247. The first-order chi connectivity index (χ1) is 26.1. The van der Waals surface area contributed by atoms with E-state index in [1.165, 1.54) is 65.9 Å². The number of para-hydroxylation sites is 4. The van der Waals surface area contributed by atoms with Crippen molar-refractivity contribution < 1.29 is 0 Å². The molecule has 1 aliphatic rings. The Labute approximate surface area is 307 Å². The van der Waals surface area contributed by atoms with Crippen LogP contribution in [0.1, 0.15) is 25.0 Å². The van der Waals surface area contributed by atoms with Gasteiger partial charge in [0.1, 0.15) is 0 Å². The van der Waals surface area contributed by atoms with E-state index in [9.17, 15) is 0 Å². The van der Waals surface area contributed by atoms with Crippen LogP contribution in [0.15, 0.2) is 170 Å². The molecule has 4 aromatic heterocycles. The molecule has 250 valence electrons. The van der Waals surface area contributed by atoms with Gasteiger partial charge in [0.05, 0.1) is 44.8 Å². The number of pyridine rings is 2. The molecule has 4 heterocycles. The molecule has 0 unspecified atom stereocenters. The van der Waals surface area contributed by atoms with Crippen LogP contribution in [0.25, 0.3) is 88.8 Å². The summed E-state index contributed by atoms with van der Waals surface area (Å²) in [6, 6.07) is 58.8. The highest BCUT2D eigenvalue weighted by Gasteiger charge is 2.41. The van der Waals surface area contributed by atoms with Gasteiger partial charge in [-0.05, 0) is 71.3 Å². The van der Waals surface area contributed by atoms with E-state index in [0.717, 1.165) is 34.0 Å². The summed E-state index contributed by atoms with van der Waals surface area (Å²) < 4.78 is 5.03. The predicted octanol–water partition coefficient (Wildman–Crippen LogP) is 12.3. The third-order valence-corrected chi connectivity index (χ3v) is 11.3. The smallest absolute Gasteiger partial charge is 0.0893 e. The van der Waals surface area contributed by atoms with Gasteiger partial charge in [-0.2, -0.15) is 0 Å². The average Bonchev–Trinajstić information content (AvgIpc) is 3.82. The van der Waals surface area contributed by atoms with Crippen molar-refractivity contribution in [3.05, 3.63) is 181 Å². The van der Waals surface area contributed by atoms with Crippen LogP contribution in [0.5, 0.6) is 0 Å². The van der Waals surface area contributed by atoms with Gasteiger partial charge in [0, 0.05) is 50.0 Å². The molecule has 1 aliphatic carbocycles. The lowest BCUT2D eigenvalue weighted by Crippen LogP contribution is -2.15. The fourth-order valence-electron chi connectivity index (χ4n) is 9.18. The summed E-state index contributed by atoms with van der Waals surface area (Å²) in [7, 11) is 0. The van der Waals surface area contributed by atoms with E-state index < -0.39 is 0 Å². The number of aromatic nitrogens is 4. The van der Waals surface area contributed by atoms with Crippen LogP contribution in [0.4, 0.5) is 0 Å². The average molecular weight is 679 g/mol. The van der Waals surface area contributed by atoms with Crippen molar-refractivity contribution in [3.8, 4) is 45.1 Å². The number of hydrogen-bond acceptors (Lipinski definition) is 2. The Hall–Kier alpha value is -6.78. The normalized spacial score (nSPS) is 13.2. The molecule has 53 heavy (non-hydrogen) atoms. The second-order valence-electron chi connectivity index (χ2n) is 14.5. The van der Waals surface area contributed by atoms with Gasteiger partial charge in [-0.15, -0.1) is 0 Å². The molecule has 0 saturated carbocycles. The molecular weight excluding hydrogens is 645 g/mol. The molecule has 0 spiro atoms. The maximum atomic E-state index is 5.23. The summed E-state index contributed by atoms with van der Waals surface area (Å²) in [5.41, 5.74) is 15.9. The number of benzene rings is 6. The fraction of sp³-hybridized carbons (Fsp3) is 0.0612. The Morgan fingerprint density at radius 1 is 0.472 bits per heavy atom. The van der Waals surface area contributed by atoms with Gasteiger partial charge >= 0.3 is 0 Å². The molecular formula is C49H34N4. The minimum Gasteiger partial charge on any atom is -0.309 e. The number of nitrogens with zero attached hydrogens (tertiary/aromatic N) is 4. The van der Waals surface area contributed by atoms with Crippen molar-refractivity contribution in [1.29, 1.82) is 0 Å². The van der Waals surface area contributed by atoms with Gasteiger partial charge in [-0.3, -0.25) is 4.98 Å². The van der Waals surface area contributed by atoms with E-state index in [-0.39, 0.29) is 5.41 Å². The first kappa shape index (κ1) is 29.9. The van der Waals surface area contributed by atoms with Crippen LogP contribution in [-0.4, -0.2) is 19.1 Å². The first-order valence-corrected chi connectivity index (χ1v) is 18.3. The molecule has 0 aliphatic heterocycles. The Balaban J connectivity index is 1.37. The molecule has 10 aromatic rings. The first-order valence-electron chi connectivity index (χ1n) is 18.3. The van der Waals surface area contributed by atoms with E-state index in [1.807, 2.05) is 30.5 Å². The topological polar surface area (TPSA) is 35.6 Å². The van der Waals surface area contributed by atoms with Crippen molar-refractivity contribution >= 4 is 43.6 Å². The van der Waals surface area contributed by atoms with E-state index in [2.05, 4.69) is 167 Å². The third-order valence-electron chi connectivity index (χ3n) is 11.3. The van der Waals surface area contributed by atoms with E-state index in [1.54, 1.807) is 0 Å². The molecule has 0 amide bonds. The zero-order chi connectivity index (χ0) is 35.3. The second kappa shape index (κ2) is 11.1. The van der Waals surface area contributed by atoms with E-state index in [4.69, 9.17) is 4.98 Å². The lowest BCUT2D eigenvalue weighted by molar-refractivity contribution is 0.667. The zero-order valence-electron chi connectivity index (χ0n) is 29.5. The highest BCUT2D eigenvalue weighted by atomic mass is 15.0. The van der Waals surface area contributed by atoms with E-state index in [0.29, 0.717) is 0 Å². The van der Waals surface area contributed by atoms with Gasteiger partial charge < -0.3 is 9.13 Å². The predicted molar refractivity (Wildman–Crippen MR) is 219 cm³/mol. The van der Waals surface area contributed by atoms with Crippen LogP contribution >= 0.6 is 0 Å². The number of rotatable bonds is 4. The maximum Gasteiger partial charge on any atom is 0.0893 e. The molecule has 0 radical (unpaired) electrons. The van der Waals surface area contributed by atoms with Crippen molar-refractivity contribution in [2.75, 3.05) is 0 Å². The van der Waals surface area contributed by atoms with Crippen molar-refractivity contribution in [3.63, 3.8) is 0 Å². The molecule has 4 heteroatoms. The van der Waals surface area contributed by atoms with Gasteiger partial charge in [0.15, 0.2) is 0 Å². The van der Waals surface area contributed by atoms with Crippen LogP contribution < -0.4 is 0 Å². The molecule has 0 atom stereocenters. The molecule has 6 aromatic carbocycles. The van der Waals surface area contributed by atoms with Crippen molar-refractivity contribution in [1.82, 2.24) is 19.1 Å². The van der Waals surface area contributed by atoms with Crippen molar-refractivity contribution in [2.45, 2.75) is 19.3 Å². The lowest BCUT2D eigenvalue weighted by atomic mass is 9.80. The van der Waals surface area contributed by atoms with Crippen LogP contribution in [0, 0.1) is 0 Å². The number of hydrogen-bond donors (Lipinski definition) is 0. The molecule has 11 rings (SSSR count). The molecule has 0 bridgehead atoms. The summed E-state index contributed by atoms with van der Waals surface area (Å²) in [6.07, 6.45) is 1.82. The Morgan fingerprint density at radius 3 is 1.89 bits per heavy atom. The molecule has 0 N–H and O–H groups in total. The largest absolute Gasteiger partial charge is 0.309 e. The summed E-state index contributed by atoms with van der Waals surface area (Å²) in [5, 5.41) is 5.05. The highest BCUT2D eigenvalue weighted by molar-refractivity contribution is 6.31. The standard InChI is InChI=1S/C49H34N4/c1-49(2)36-23-10-6-19-32(36)43-46(49)44-34-21-8-13-29-42(34)53(40-27-11-7-20-33(40)37-25-16-26-39(51-37)38-24-14-15-30-50-38)48(44)45-35-22-9-12-28-41(35)52(47(43)45)31-17-4-3-5-18-31/h3-30H,1-2H3. The van der Waals surface area contributed by atoms with Gasteiger partial charge in [-0.1, -0.05) is 123 Å². The fourth-order valence-corrected chi connectivity index (χ4v) is 9.18. The van der Waals surface area contributed by atoms with E-state index >= 15 is 0 Å². The van der Waals surface area contributed by atoms with Gasteiger partial charge in [-0.25, -0.2) is 4.98 Å². The minimum atomic E-state index is -0.247. The van der Waals surface area contributed by atoms with Crippen LogP contribution in [0.3, 0.4) is 0 Å². The summed E-state index contributed by atoms with van der Waals surface area (Å²) in [6.45, 7) is 4.82. The molecule has 4 nitrogen and oxygen atoms in total. The lowest BCUT2D eigenvalue weighted by Gasteiger charge is -2.23. The monoisotopic (exact) mass is 678 g/mol. The third kappa shape index (κ3) is 4.12. The van der Waals surface area contributed by atoms with Gasteiger partial charge in [0.2, 0.25) is 0 Å². The summed E-state index contributed by atoms with van der Waals surface area (Å²) in [5.74, 6) is 0. The van der Waals surface area contributed by atoms with Crippen LogP contribution in [-0.2, 0) is 5.41 Å². The molecule has 0 saturated heterocycles. The Bertz CT molecular complexity index is 3080. The summed E-state index contributed by atoms with van der Waals surface area (Å²) in [4.78, 5) is 9.85. The quantitative estimate of drug-likeness (QED) is 0.186. The Morgan fingerprint density at radius 2 is 1.09 bits per heavy atom.